The highest BCUT2D eigenvalue weighted by molar-refractivity contribution is 7.18. The van der Waals surface area contributed by atoms with Crippen LogP contribution in [0.3, 0.4) is 0 Å². The predicted molar refractivity (Wildman–Crippen MR) is 79.7 cm³/mol. The van der Waals surface area contributed by atoms with E-state index in [1.54, 1.807) is 11.3 Å². The summed E-state index contributed by atoms with van der Waals surface area (Å²) in [4.78, 5) is 11.9. The van der Waals surface area contributed by atoms with Gasteiger partial charge in [0.2, 0.25) is 0 Å². The van der Waals surface area contributed by atoms with Gasteiger partial charge in [-0.05, 0) is 19.4 Å². The van der Waals surface area contributed by atoms with E-state index < -0.39 is 0 Å². The van der Waals surface area contributed by atoms with Gasteiger partial charge in [-0.3, -0.25) is 0 Å². The second kappa shape index (κ2) is 4.84. The van der Waals surface area contributed by atoms with Crippen molar-refractivity contribution in [2.24, 2.45) is 0 Å². The molecule has 0 saturated heterocycles. The molecule has 0 atom stereocenters. The number of nitrogens with zero attached hydrogens (tertiary/aromatic N) is 2. The van der Waals surface area contributed by atoms with Crippen LogP contribution in [0, 0.1) is 0 Å². The molecule has 0 aromatic carbocycles. The quantitative estimate of drug-likeness (QED) is 0.910. The molecule has 0 saturated carbocycles. The molecule has 2 aromatic rings. The molecule has 0 spiro atoms. The standard InChI is InChI=1S/C14H21N3S/c1-6-9-8-10-11(15-7-2)16-13(14(3,4)5)17-12(10)18-9/h8H,6-7H2,1-5H3,(H,15,16,17). The van der Waals surface area contributed by atoms with Gasteiger partial charge < -0.3 is 5.32 Å². The third-order valence-corrected chi connectivity index (χ3v) is 3.98. The van der Waals surface area contributed by atoms with E-state index in [4.69, 9.17) is 9.97 Å². The van der Waals surface area contributed by atoms with Gasteiger partial charge in [0.15, 0.2) is 0 Å². The zero-order valence-electron chi connectivity index (χ0n) is 11.8. The number of aromatic nitrogens is 2. The molecule has 4 heteroatoms. The SMILES string of the molecule is CCNc1nc(C(C)(C)C)nc2sc(CC)cc12. The summed E-state index contributed by atoms with van der Waals surface area (Å²) in [6.45, 7) is 11.6. The zero-order chi connectivity index (χ0) is 13.3. The Kier molecular flexibility index (Phi) is 3.57. The van der Waals surface area contributed by atoms with E-state index in [1.165, 1.54) is 4.88 Å². The maximum Gasteiger partial charge on any atom is 0.138 e. The fraction of sp³-hybridized carbons (Fsp3) is 0.571. The summed E-state index contributed by atoms with van der Waals surface area (Å²) in [5.74, 6) is 1.89. The molecule has 2 aromatic heterocycles. The fourth-order valence-corrected chi connectivity index (χ4v) is 2.75. The highest BCUT2D eigenvalue weighted by Crippen LogP contribution is 2.31. The van der Waals surface area contributed by atoms with E-state index in [0.29, 0.717) is 0 Å². The van der Waals surface area contributed by atoms with Crippen molar-refractivity contribution in [3.63, 3.8) is 0 Å². The van der Waals surface area contributed by atoms with E-state index in [-0.39, 0.29) is 5.41 Å². The van der Waals surface area contributed by atoms with Crippen LogP contribution in [0.4, 0.5) is 5.82 Å². The molecule has 0 radical (unpaired) electrons. The Hall–Kier alpha value is -1.16. The summed E-state index contributed by atoms with van der Waals surface area (Å²) < 4.78 is 0. The Morgan fingerprint density at radius 2 is 1.94 bits per heavy atom. The number of aryl methyl sites for hydroxylation is 1. The molecule has 98 valence electrons. The van der Waals surface area contributed by atoms with Gasteiger partial charge in [-0.25, -0.2) is 9.97 Å². The molecular formula is C14H21N3S. The van der Waals surface area contributed by atoms with Crippen LogP contribution >= 0.6 is 11.3 Å². The molecule has 18 heavy (non-hydrogen) atoms. The van der Waals surface area contributed by atoms with Gasteiger partial charge in [0.1, 0.15) is 16.5 Å². The first-order chi connectivity index (χ1) is 8.45. The monoisotopic (exact) mass is 263 g/mol. The normalized spacial score (nSPS) is 12.1. The van der Waals surface area contributed by atoms with Gasteiger partial charge in [0.05, 0.1) is 5.39 Å². The van der Waals surface area contributed by atoms with Crippen LogP contribution in [0.5, 0.6) is 0 Å². The number of hydrogen-bond acceptors (Lipinski definition) is 4. The van der Waals surface area contributed by atoms with E-state index >= 15 is 0 Å². The van der Waals surface area contributed by atoms with E-state index in [2.05, 4.69) is 46.0 Å². The van der Waals surface area contributed by atoms with Gasteiger partial charge >= 0.3 is 0 Å². The van der Waals surface area contributed by atoms with Crippen LogP contribution in [0.15, 0.2) is 6.07 Å². The average molecular weight is 263 g/mol. The van der Waals surface area contributed by atoms with Crippen LogP contribution in [0.1, 0.15) is 45.3 Å². The van der Waals surface area contributed by atoms with Crippen LogP contribution in [0.2, 0.25) is 0 Å². The second-order valence-corrected chi connectivity index (χ2v) is 6.58. The van der Waals surface area contributed by atoms with Crippen LogP contribution < -0.4 is 5.32 Å². The number of anilines is 1. The van der Waals surface area contributed by atoms with Crippen molar-refractivity contribution in [2.45, 2.75) is 46.5 Å². The maximum absolute atomic E-state index is 4.73. The van der Waals surface area contributed by atoms with Crippen molar-refractivity contribution in [3.05, 3.63) is 16.8 Å². The second-order valence-electron chi connectivity index (χ2n) is 5.46. The maximum atomic E-state index is 4.73. The molecular weight excluding hydrogens is 242 g/mol. The highest BCUT2D eigenvalue weighted by Gasteiger charge is 2.20. The lowest BCUT2D eigenvalue weighted by Crippen LogP contribution is -2.17. The summed E-state index contributed by atoms with van der Waals surface area (Å²) in [5.41, 5.74) is -0.0191. The summed E-state index contributed by atoms with van der Waals surface area (Å²) in [6.07, 6.45) is 1.05. The molecule has 2 heterocycles. The van der Waals surface area contributed by atoms with Crippen molar-refractivity contribution in [2.75, 3.05) is 11.9 Å². The number of rotatable bonds is 3. The molecule has 1 N–H and O–H groups in total. The lowest BCUT2D eigenvalue weighted by molar-refractivity contribution is 0.549. The third-order valence-electron chi connectivity index (χ3n) is 2.81. The third kappa shape index (κ3) is 2.48. The molecule has 0 aliphatic carbocycles. The summed E-state index contributed by atoms with van der Waals surface area (Å²) >= 11 is 1.78. The van der Waals surface area contributed by atoms with Gasteiger partial charge in [0, 0.05) is 16.8 Å². The van der Waals surface area contributed by atoms with Gasteiger partial charge in [-0.15, -0.1) is 11.3 Å². The van der Waals surface area contributed by atoms with Crippen molar-refractivity contribution < 1.29 is 0 Å². The van der Waals surface area contributed by atoms with Crippen LogP contribution in [-0.2, 0) is 11.8 Å². The first kappa shape index (κ1) is 13.3. The fourth-order valence-electron chi connectivity index (χ4n) is 1.78. The van der Waals surface area contributed by atoms with Gasteiger partial charge in [-0.2, -0.15) is 0 Å². The first-order valence-electron chi connectivity index (χ1n) is 6.50. The van der Waals surface area contributed by atoms with Crippen molar-refractivity contribution >= 4 is 27.4 Å². The number of fused-ring (bicyclic) bond motifs is 1. The minimum atomic E-state index is -0.0191. The molecule has 3 nitrogen and oxygen atoms in total. The first-order valence-corrected chi connectivity index (χ1v) is 7.32. The minimum absolute atomic E-state index is 0.0191. The smallest absolute Gasteiger partial charge is 0.138 e. The zero-order valence-corrected chi connectivity index (χ0v) is 12.6. The van der Waals surface area contributed by atoms with Gasteiger partial charge in [-0.1, -0.05) is 27.7 Å². The molecule has 0 fully saturated rings. The van der Waals surface area contributed by atoms with Gasteiger partial charge in [0.25, 0.3) is 0 Å². The lowest BCUT2D eigenvalue weighted by Gasteiger charge is -2.17. The van der Waals surface area contributed by atoms with Crippen molar-refractivity contribution in [1.82, 2.24) is 9.97 Å². The molecule has 0 unspecified atom stereocenters. The Morgan fingerprint density at radius 3 is 2.50 bits per heavy atom. The molecule has 0 bridgehead atoms. The molecule has 0 amide bonds. The Labute approximate surface area is 113 Å². The largest absolute Gasteiger partial charge is 0.370 e. The summed E-state index contributed by atoms with van der Waals surface area (Å²) in [6, 6.07) is 2.21. The minimum Gasteiger partial charge on any atom is -0.370 e. The molecule has 0 aliphatic rings. The number of nitrogens with one attached hydrogen (secondary N) is 1. The van der Waals surface area contributed by atoms with Crippen molar-refractivity contribution in [1.29, 1.82) is 0 Å². The Bertz CT molecular complexity index is 552. The Balaban J connectivity index is 2.64. The van der Waals surface area contributed by atoms with E-state index in [0.717, 1.165) is 34.8 Å². The number of hydrogen-bond donors (Lipinski definition) is 1. The highest BCUT2D eigenvalue weighted by atomic mass is 32.1. The van der Waals surface area contributed by atoms with Crippen molar-refractivity contribution in [3.8, 4) is 0 Å². The lowest BCUT2D eigenvalue weighted by atomic mass is 9.96. The summed E-state index contributed by atoms with van der Waals surface area (Å²) in [5, 5.41) is 4.51. The number of thiophene rings is 1. The van der Waals surface area contributed by atoms with E-state index in [1.807, 2.05) is 0 Å². The van der Waals surface area contributed by atoms with Crippen LogP contribution in [0.25, 0.3) is 10.2 Å². The topological polar surface area (TPSA) is 37.8 Å². The average Bonchev–Trinajstić information content (AvgIpc) is 2.71. The summed E-state index contributed by atoms with van der Waals surface area (Å²) in [7, 11) is 0. The molecule has 2 rings (SSSR count). The van der Waals surface area contributed by atoms with E-state index in [9.17, 15) is 0 Å². The Morgan fingerprint density at radius 1 is 1.22 bits per heavy atom. The molecule has 0 aliphatic heterocycles. The van der Waals surface area contributed by atoms with Crippen LogP contribution in [-0.4, -0.2) is 16.5 Å². The predicted octanol–water partition coefficient (Wildman–Crippen LogP) is 3.98.